The largest absolute Gasteiger partial charge is 0.368 e. The number of halogens is 1. The van der Waals surface area contributed by atoms with E-state index in [1.807, 2.05) is 0 Å². The molecule has 4 heteroatoms. The van der Waals surface area contributed by atoms with Gasteiger partial charge >= 0.3 is 0 Å². The maximum absolute atomic E-state index is 10.8. The molecule has 0 aromatic rings. The molecule has 2 nitrogen and oxygen atoms in total. The smallest absolute Gasteiger partial charge is 0.239 e. The molecule has 0 aromatic heterocycles. The topological polar surface area (TPSA) is 43.1 Å². The number of hydrogen-bond acceptors (Lipinski definition) is 1. The number of rotatable bonds is 14. The van der Waals surface area contributed by atoms with Gasteiger partial charge in [0.1, 0.15) is 4.87 Å². The molecule has 0 heterocycles. The van der Waals surface area contributed by atoms with E-state index in [4.69, 9.17) is 17.3 Å². The van der Waals surface area contributed by atoms with Crippen molar-refractivity contribution >= 4 is 25.4 Å². The molecule has 0 saturated carbocycles. The number of amides is 1. The van der Waals surface area contributed by atoms with Gasteiger partial charge in [-0.25, -0.2) is 0 Å². The Morgan fingerprint density at radius 2 is 1.29 bits per heavy atom. The van der Waals surface area contributed by atoms with E-state index >= 15 is 0 Å². The molecule has 0 spiro atoms. The minimum atomic E-state index is -1.02. The van der Waals surface area contributed by atoms with Crippen molar-refractivity contribution in [2.24, 2.45) is 5.73 Å². The van der Waals surface area contributed by atoms with Crippen molar-refractivity contribution in [3.05, 3.63) is 25.3 Å². The van der Waals surface area contributed by atoms with Crippen molar-refractivity contribution in [1.82, 2.24) is 0 Å². The van der Waals surface area contributed by atoms with E-state index < -0.39 is 10.8 Å². The number of unbranched alkanes of at least 4 members (excludes halogenated alkanes) is 3. The molecular formula is C20H39ClNOP. The Balaban J connectivity index is 0. The first-order valence-electron chi connectivity index (χ1n) is 9.34. The van der Waals surface area contributed by atoms with Gasteiger partial charge in [-0.1, -0.05) is 52.2 Å². The molecule has 0 rings (SSSR count). The highest BCUT2D eigenvalue weighted by molar-refractivity contribution is 7.57. The van der Waals surface area contributed by atoms with Crippen LogP contribution in [0, 0.1) is 0 Å². The van der Waals surface area contributed by atoms with Gasteiger partial charge in [0, 0.05) is 0 Å². The minimum absolute atomic E-state index is 0.371. The van der Waals surface area contributed by atoms with E-state index in [9.17, 15) is 4.79 Å². The number of carbonyl (C=O) groups excluding carboxylic acids is 1. The number of nitrogens with two attached hydrogens (primary N) is 1. The van der Waals surface area contributed by atoms with Crippen LogP contribution >= 0.6 is 19.5 Å². The van der Waals surface area contributed by atoms with Gasteiger partial charge in [0.05, 0.1) is 0 Å². The molecule has 0 atom stereocenters. The average Bonchev–Trinajstić information content (AvgIpc) is 2.55. The molecule has 0 fully saturated rings. The Labute approximate surface area is 157 Å². The van der Waals surface area contributed by atoms with Gasteiger partial charge in [0.2, 0.25) is 5.91 Å². The van der Waals surface area contributed by atoms with Crippen molar-refractivity contribution in [1.29, 1.82) is 0 Å². The van der Waals surface area contributed by atoms with E-state index in [0.29, 0.717) is 20.8 Å². The Bertz CT molecular complexity index is 305. The molecule has 0 aliphatic rings. The van der Waals surface area contributed by atoms with Crippen molar-refractivity contribution in [2.45, 2.75) is 77.0 Å². The molecule has 0 aromatic carbocycles. The number of carbonyl (C=O) groups is 1. The summed E-state index contributed by atoms with van der Waals surface area (Å²) in [5.41, 5.74) is 5.08. The summed E-state index contributed by atoms with van der Waals surface area (Å²) in [6.07, 6.45) is 17.1. The Kier molecular flexibility index (Phi) is 18.9. The lowest BCUT2D eigenvalue weighted by molar-refractivity contribution is -0.120. The van der Waals surface area contributed by atoms with Gasteiger partial charge in [-0.2, -0.15) is 0 Å². The number of hydrogen-bond donors (Lipinski definition) is 1. The standard InChI is InChI=1S/C12H27P.C8H12ClNO/c1-4-7-10-13(11-8-5-2)12-9-6-3;1-3-5-8(9,6-4-2)7(10)11/h4-12H2,1-3H3;3-4H,1-2,5-6H2,(H2,10,11). The van der Waals surface area contributed by atoms with Crippen LogP contribution in [0.1, 0.15) is 72.1 Å². The second-order valence-corrected chi connectivity index (χ2v) is 9.62. The third kappa shape index (κ3) is 14.1. The highest BCUT2D eigenvalue weighted by Crippen LogP contribution is 2.38. The van der Waals surface area contributed by atoms with E-state index in [-0.39, 0.29) is 0 Å². The summed E-state index contributed by atoms with van der Waals surface area (Å²) in [4.78, 5) is 9.77. The summed E-state index contributed by atoms with van der Waals surface area (Å²) in [5.74, 6) is -0.529. The van der Waals surface area contributed by atoms with Crippen LogP contribution in [0.4, 0.5) is 0 Å². The SMILES string of the molecule is C=CCC(Cl)(CC=C)C(N)=O.CCCCP(CCCC)CCCC. The van der Waals surface area contributed by atoms with Crippen LogP contribution in [0.5, 0.6) is 0 Å². The molecule has 1 amide bonds. The first-order valence-corrected chi connectivity index (χ1v) is 11.6. The zero-order chi connectivity index (χ0) is 18.8. The zero-order valence-electron chi connectivity index (χ0n) is 16.2. The fourth-order valence-electron chi connectivity index (χ4n) is 2.22. The number of allylic oxidation sites excluding steroid dienone is 2. The van der Waals surface area contributed by atoms with E-state index in [1.54, 1.807) is 30.6 Å². The second kappa shape index (κ2) is 17.5. The molecule has 0 unspecified atom stereocenters. The molecule has 0 aliphatic carbocycles. The fourth-order valence-corrected chi connectivity index (χ4v) is 5.40. The average molecular weight is 376 g/mol. The van der Waals surface area contributed by atoms with Gasteiger partial charge in [-0.15, -0.1) is 32.7 Å². The summed E-state index contributed by atoms with van der Waals surface area (Å²) in [6, 6.07) is 0. The lowest BCUT2D eigenvalue weighted by Crippen LogP contribution is -2.37. The quantitative estimate of drug-likeness (QED) is 0.211. The Morgan fingerprint density at radius 1 is 0.958 bits per heavy atom. The van der Waals surface area contributed by atoms with E-state index in [1.165, 1.54) is 38.5 Å². The first-order chi connectivity index (χ1) is 11.4. The van der Waals surface area contributed by atoms with Crippen LogP contribution in [-0.4, -0.2) is 29.3 Å². The van der Waals surface area contributed by atoms with Crippen molar-refractivity contribution in [2.75, 3.05) is 18.5 Å². The molecule has 0 radical (unpaired) electrons. The monoisotopic (exact) mass is 375 g/mol. The molecule has 0 bridgehead atoms. The van der Waals surface area contributed by atoms with Crippen molar-refractivity contribution in [3.8, 4) is 0 Å². The van der Waals surface area contributed by atoms with Crippen LogP contribution in [0.15, 0.2) is 25.3 Å². The molecule has 0 saturated heterocycles. The molecule has 2 N–H and O–H groups in total. The summed E-state index contributed by atoms with van der Waals surface area (Å²) in [7, 11) is 0.422. The first kappa shape index (κ1) is 25.9. The molecular weight excluding hydrogens is 337 g/mol. The third-order valence-corrected chi connectivity index (χ3v) is 7.20. The lowest BCUT2D eigenvalue weighted by Gasteiger charge is -2.19. The predicted molar refractivity (Wildman–Crippen MR) is 114 cm³/mol. The van der Waals surface area contributed by atoms with Crippen LogP contribution < -0.4 is 5.73 Å². The molecule has 142 valence electrons. The lowest BCUT2D eigenvalue weighted by atomic mass is 10.00. The van der Waals surface area contributed by atoms with Crippen LogP contribution in [0.2, 0.25) is 0 Å². The van der Waals surface area contributed by atoms with Crippen molar-refractivity contribution < 1.29 is 4.79 Å². The normalized spacial score (nSPS) is 10.9. The van der Waals surface area contributed by atoms with Gasteiger partial charge in [-0.3, -0.25) is 4.79 Å². The molecule has 0 aliphatic heterocycles. The van der Waals surface area contributed by atoms with Gasteiger partial charge in [-0.05, 0) is 50.6 Å². The predicted octanol–water partition coefficient (Wildman–Crippen LogP) is 6.47. The maximum atomic E-state index is 10.8. The fraction of sp³-hybridized carbons (Fsp3) is 0.750. The van der Waals surface area contributed by atoms with Gasteiger partial charge in [0.15, 0.2) is 0 Å². The van der Waals surface area contributed by atoms with Crippen molar-refractivity contribution in [3.63, 3.8) is 0 Å². The van der Waals surface area contributed by atoms with Crippen LogP contribution in [0.25, 0.3) is 0 Å². The summed E-state index contributed by atoms with van der Waals surface area (Å²) in [5, 5.41) is 0. The highest BCUT2D eigenvalue weighted by atomic mass is 35.5. The number of alkyl halides is 1. The maximum Gasteiger partial charge on any atom is 0.239 e. The Hall–Kier alpha value is -0.330. The third-order valence-electron chi connectivity index (χ3n) is 3.86. The van der Waals surface area contributed by atoms with Crippen LogP contribution in [0.3, 0.4) is 0 Å². The van der Waals surface area contributed by atoms with Gasteiger partial charge in [0.25, 0.3) is 0 Å². The molecule has 24 heavy (non-hydrogen) atoms. The Morgan fingerprint density at radius 3 is 1.50 bits per heavy atom. The van der Waals surface area contributed by atoms with Crippen LogP contribution in [-0.2, 0) is 4.79 Å². The summed E-state index contributed by atoms with van der Waals surface area (Å²) >= 11 is 5.86. The summed E-state index contributed by atoms with van der Waals surface area (Å²) < 4.78 is 0. The minimum Gasteiger partial charge on any atom is -0.368 e. The number of primary amides is 1. The van der Waals surface area contributed by atoms with E-state index in [2.05, 4.69) is 33.9 Å². The summed E-state index contributed by atoms with van der Waals surface area (Å²) in [6.45, 7) is 13.9. The van der Waals surface area contributed by atoms with E-state index in [0.717, 1.165) is 0 Å². The second-order valence-electron chi connectivity index (χ2n) is 6.22. The van der Waals surface area contributed by atoms with Gasteiger partial charge < -0.3 is 5.73 Å². The zero-order valence-corrected chi connectivity index (χ0v) is 17.8. The highest BCUT2D eigenvalue weighted by Gasteiger charge is 2.30.